The molecule has 0 radical (unpaired) electrons. The Balaban J connectivity index is 1.92. The molecule has 0 spiro atoms. The van der Waals surface area contributed by atoms with Crippen LogP contribution in [0.5, 0.6) is 0 Å². The lowest BCUT2D eigenvalue weighted by Crippen LogP contribution is -2.03. The SMILES string of the molecule is CCCCCCCCCc1ccnc(-c2ccccc2C(=O)CCCCC(C)CC)c1. The van der Waals surface area contributed by atoms with Gasteiger partial charge >= 0.3 is 0 Å². The maximum atomic E-state index is 12.9. The van der Waals surface area contributed by atoms with Crippen LogP contribution in [0.3, 0.4) is 0 Å². The van der Waals surface area contributed by atoms with Gasteiger partial charge in [-0.3, -0.25) is 9.78 Å². The van der Waals surface area contributed by atoms with E-state index >= 15 is 0 Å². The van der Waals surface area contributed by atoms with Crippen LogP contribution in [-0.4, -0.2) is 10.8 Å². The van der Waals surface area contributed by atoms with Crippen LogP contribution in [0.1, 0.15) is 114 Å². The lowest BCUT2D eigenvalue weighted by atomic mass is 9.95. The van der Waals surface area contributed by atoms with Crippen molar-refractivity contribution in [2.45, 2.75) is 104 Å². The zero-order valence-electron chi connectivity index (χ0n) is 20.2. The van der Waals surface area contributed by atoms with Crippen LogP contribution in [0.4, 0.5) is 0 Å². The molecule has 2 rings (SSSR count). The molecule has 2 aromatic rings. The van der Waals surface area contributed by atoms with Gasteiger partial charge in [0, 0.05) is 23.7 Å². The van der Waals surface area contributed by atoms with E-state index in [4.69, 9.17) is 0 Å². The summed E-state index contributed by atoms with van der Waals surface area (Å²) >= 11 is 0. The summed E-state index contributed by atoms with van der Waals surface area (Å²) in [6.07, 6.45) is 17.4. The molecule has 2 heteroatoms. The van der Waals surface area contributed by atoms with Crippen LogP contribution in [0.2, 0.25) is 0 Å². The summed E-state index contributed by atoms with van der Waals surface area (Å²) in [7, 11) is 0. The van der Waals surface area contributed by atoms with Gasteiger partial charge in [-0.05, 0) is 42.9 Å². The summed E-state index contributed by atoms with van der Waals surface area (Å²) in [4.78, 5) is 17.5. The summed E-state index contributed by atoms with van der Waals surface area (Å²) in [5, 5.41) is 0. The number of Topliss-reactive ketones (excluding diaryl/α,β-unsaturated/α-hetero) is 1. The van der Waals surface area contributed by atoms with E-state index in [0.29, 0.717) is 6.42 Å². The van der Waals surface area contributed by atoms with Crippen molar-refractivity contribution in [3.8, 4) is 11.3 Å². The Morgan fingerprint density at radius 1 is 0.903 bits per heavy atom. The molecule has 0 saturated heterocycles. The Morgan fingerprint density at radius 3 is 2.42 bits per heavy atom. The maximum absolute atomic E-state index is 12.9. The Kier molecular flexibility index (Phi) is 12.2. The van der Waals surface area contributed by atoms with E-state index in [1.54, 1.807) is 0 Å². The number of benzene rings is 1. The second-order valence-corrected chi connectivity index (χ2v) is 9.15. The van der Waals surface area contributed by atoms with E-state index in [9.17, 15) is 4.79 Å². The largest absolute Gasteiger partial charge is 0.294 e. The first-order valence-electron chi connectivity index (χ1n) is 12.7. The molecule has 1 unspecified atom stereocenters. The first kappa shape index (κ1) is 25.3. The number of rotatable bonds is 16. The average Bonchev–Trinajstić information content (AvgIpc) is 2.81. The average molecular weight is 422 g/mol. The number of aromatic nitrogens is 1. The van der Waals surface area contributed by atoms with Gasteiger partial charge in [0.25, 0.3) is 0 Å². The molecule has 0 aliphatic rings. The molecule has 31 heavy (non-hydrogen) atoms. The fourth-order valence-corrected chi connectivity index (χ4v) is 4.13. The Bertz CT molecular complexity index is 767. The van der Waals surface area contributed by atoms with Crippen LogP contribution in [0.15, 0.2) is 42.6 Å². The molecule has 0 aliphatic heterocycles. The molecule has 0 aliphatic carbocycles. The van der Waals surface area contributed by atoms with Gasteiger partial charge in [0.1, 0.15) is 0 Å². The molecular weight excluding hydrogens is 378 g/mol. The Morgan fingerprint density at radius 2 is 1.65 bits per heavy atom. The standard InChI is InChI=1S/C29H43NO/c1-4-6-7-8-9-10-11-17-25-21-22-30-28(23-25)26-18-13-14-19-27(26)29(31)20-15-12-16-24(3)5-2/h13-14,18-19,21-24H,4-12,15-17,20H2,1-3H3. The van der Waals surface area contributed by atoms with E-state index < -0.39 is 0 Å². The predicted octanol–water partition coefficient (Wildman–Crippen LogP) is 8.83. The van der Waals surface area contributed by atoms with Crippen molar-refractivity contribution >= 4 is 5.78 Å². The number of hydrogen-bond donors (Lipinski definition) is 0. The van der Waals surface area contributed by atoms with Crippen molar-refractivity contribution < 1.29 is 4.79 Å². The van der Waals surface area contributed by atoms with Crippen molar-refractivity contribution in [2.24, 2.45) is 5.92 Å². The molecule has 1 atom stereocenters. The monoisotopic (exact) mass is 421 g/mol. The molecule has 0 fully saturated rings. The number of pyridine rings is 1. The van der Waals surface area contributed by atoms with Crippen LogP contribution in [0, 0.1) is 5.92 Å². The van der Waals surface area contributed by atoms with Crippen molar-refractivity contribution in [3.63, 3.8) is 0 Å². The van der Waals surface area contributed by atoms with E-state index in [1.165, 1.54) is 63.4 Å². The van der Waals surface area contributed by atoms with Gasteiger partial charge in [-0.15, -0.1) is 0 Å². The molecule has 0 saturated carbocycles. The van der Waals surface area contributed by atoms with Crippen molar-refractivity contribution in [2.75, 3.05) is 0 Å². The third-order valence-electron chi connectivity index (χ3n) is 6.44. The van der Waals surface area contributed by atoms with Crippen LogP contribution < -0.4 is 0 Å². The zero-order chi connectivity index (χ0) is 22.3. The highest BCUT2D eigenvalue weighted by Gasteiger charge is 2.13. The number of carbonyl (C=O) groups excluding carboxylic acids is 1. The summed E-state index contributed by atoms with van der Waals surface area (Å²) in [5.74, 6) is 1.00. The quantitative estimate of drug-likeness (QED) is 0.200. The topological polar surface area (TPSA) is 30.0 Å². The van der Waals surface area contributed by atoms with Gasteiger partial charge in [0.05, 0.1) is 5.69 Å². The molecule has 1 aromatic carbocycles. The number of unbranched alkanes of at least 4 members (excludes halogenated alkanes) is 7. The van der Waals surface area contributed by atoms with E-state index in [-0.39, 0.29) is 5.78 Å². The zero-order valence-corrected chi connectivity index (χ0v) is 20.2. The van der Waals surface area contributed by atoms with E-state index in [1.807, 2.05) is 30.5 Å². The second kappa shape index (κ2) is 14.9. The first-order chi connectivity index (χ1) is 15.2. The van der Waals surface area contributed by atoms with Gasteiger partial charge < -0.3 is 0 Å². The molecular formula is C29H43NO. The van der Waals surface area contributed by atoms with Gasteiger partial charge in [0.15, 0.2) is 5.78 Å². The normalized spacial score (nSPS) is 12.1. The fraction of sp³-hybridized carbons (Fsp3) is 0.586. The minimum absolute atomic E-state index is 0.249. The number of hydrogen-bond acceptors (Lipinski definition) is 2. The summed E-state index contributed by atoms with van der Waals surface area (Å²) < 4.78 is 0. The molecule has 1 aromatic heterocycles. The van der Waals surface area contributed by atoms with Gasteiger partial charge in [0.2, 0.25) is 0 Å². The van der Waals surface area contributed by atoms with Crippen LogP contribution in [-0.2, 0) is 6.42 Å². The first-order valence-corrected chi connectivity index (χ1v) is 12.7. The summed E-state index contributed by atoms with van der Waals surface area (Å²) in [6.45, 7) is 6.80. The highest BCUT2D eigenvalue weighted by molar-refractivity contribution is 6.01. The third kappa shape index (κ3) is 9.37. The Hall–Kier alpha value is -1.96. The molecule has 170 valence electrons. The van der Waals surface area contributed by atoms with Gasteiger partial charge in [-0.25, -0.2) is 0 Å². The second-order valence-electron chi connectivity index (χ2n) is 9.15. The van der Waals surface area contributed by atoms with Crippen LogP contribution >= 0.6 is 0 Å². The smallest absolute Gasteiger partial charge is 0.163 e. The summed E-state index contributed by atoms with van der Waals surface area (Å²) in [5.41, 5.74) is 4.07. The van der Waals surface area contributed by atoms with Crippen molar-refractivity contribution in [3.05, 3.63) is 53.7 Å². The van der Waals surface area contributed by atoms with Crippen molar-refractivity contribution in [1.29, 1.82) is 0 Å². The maximum Gasteiger partial charge on any atom is 0.163 e. The lowest BCUT2D eigenvalue weighted by Gasteiger charge is -2.11. The minimum atomic E-state index is 0.249. The number of aryl methyl sites for hydroxylation is 1. The highest BCUT2D eigenvalue weighted by Crippen LogP contribution is 2.25. The molecule has 0 amide bonds. The number of carbonyl (C=O) groups is 1. The molecule has 0 bridgehead atoms. The molecule has 2 nitrogen and oxygen atoms in total. The van der Waals surface area contributed by atoms with E-state index in [2.05, 4.69) is 37.9 Å². The fourth-order valence-electron chi connectivity index (χ4n) is 4.13. The summed E-state index contributed by atoms with van der Waals surface area (Å²) in [6, 6.07) is 12.3. The minimum Gasteiger partial charge on any atom is -0.294 e. The van der Waals surface area contributed by atoms with Gasteiger partial charge in [-0.2, -0.15) is 0 Å². The molecule has 0 N–H and O–H groups in total. The van der Waals surface area contributed by atoms with E-state index in [0.717, 1.165) is 42.0 Å². The van der Waals surface area contributed by atoms with Gasteiger partial charge in [-0.1, -0.05) is 103 Å². The van der Waals surface area contributed by atoms with Crippen molar-refractivity contribution in [1.82, 2.24) is 4.98 Å². The molecule has 1 heterocycles. The van der Waals surface area contributed by atoms with Crippen LogP contribution in [0.25, 0.3) is 11.3 Å². The Labute approximate surface area is 190 Å². The third-order valence-corrected chi connectivity index (χ3v) is 6.44. The predicted molar refractivity (Wildman–Crippen MR) is 134 cm³/mol. The lowest BCUT2D eigenvalue weighted by molar-refractivity contribution is 0.0979. The number of nitrogens with zero attached hydrogens (tertiary/aromatic N) is 1. The highest BCUT2D eigenvalue weighted by atomic mass is 16.1. The number of ketones is 1.